The van der Waals surface area contributed by atoms with E-state index in [1.54, 1.807) is 18.2 Å². The van der Waals surface area contributed by atoms with Gasteiger partial charge in [0, 0.05) is 12.1 Å². The third-order valence-electron chi connectivity index (χ3n) is 3.33. The van der Waals surface area contributed by atoms with Gasteiger partial charge in [-0.15, -0.1) is 0 Å². The van der Waals surface area contributed by atoms with Gasteiger partial charge in [0.05, 0.1) is 23.4 Å². The highest BCUT2D eigenvalue weighted by atomic mass is 32.1. The van der Waals surface area contributed by atoms with E-state index in [0.29, 0.717) is 17.3 Å². The van der Waals surface area contributed by atoms with Gasteiger partial charge in [-0.2, -0.15) is 0 Å². The molecule has 1 fully saturated rings. The minimum Gasteiger partial charge on any atom is -0.480 e. The number of aromatic nitrogens is 1. The molecule has 0 aliphatic carbocycles. The van der Waals surface area contributed by atoms with Gasteiger partial charge in [-0.25, -0.2) is 9.78 Å². The summed E-state index contributed by atoms with van der Waals surface area (Å²) >= 11 is 1.29. The predicted molar refractivity (Wildman–Crippen MR) is 77.3 cm³/mol. The number of hydrogen-bond donors (Lipinski definition) is 2. The average molecular weight is 307 g/mol. The van der Waals surface area contributed by atoms with E-state index in [4.69, 9.17) is 10.5 Å². The molecule has 0 saturated carbocycles. The monoisotopic (exact) mass is 307 g/mol. The molecule has 1 atom stereocenters. The van der Waals surface area contributed by atoms with Gasteiger partial charge < -0.3 is 20.5 Å². The van der Waals surface area contributed by atoms with Gasteiger partial charge in [-0.05, 0) is 18.2 Å². The molecule has 1 aliphatic rings. The topological polar surface area (TPSA) is 106 Å². The number of carbonyl (C=O) groups excluding carboxylic acids is 1. The number of thiazole rings is 1. The predicted octanol–water partition coefficient (Wildman–Crippen LogP) is 0.804. The molecule has 7 nitrogen and oxygen atoms in total. The standard InChI is InChI=1S/C13H13N3O4S/c14-13-15-8-2-1-7(5-10(8)21-13)11(17)16-3-4-20-6-9(16)12(18)19/h1-2,5,9H,3-4,6H2,(H2,14,15)(H,18,19). The van der Waals surface area contributed by atoms with Crippen molar-refractivity contribution in [3.8, 4) is 0 Å². The molecule has 0 bridgehead atoms. The summed E-state index contributed by atoms with van der Waals surface area (Å²) in [6.45, 7) is 0.612. The fourth-order valence-electron chi connectivity index (χ4n) is 2.29. The van der Waals surface area contributed by atoms with Crippen LogP contribution in [0, 0.1) is 0 Å². The number of benzene rings is 1. The van der Waals surface area contributed by atoms with Crippen molar-refractivity contribution < 1.29 is 19.4 Å². The molecule has 3 N–H and O–H groups in total. The number of carboxylic acid groups (broad SMARTS) is 1. The molecular weight excluding hydrogens is 294 g/mol. The lowest BCUT2D eigenvalue weighted by Gasteiger charge is -2.32. The number of morpholine rings is 1. The van der Waals surface area contributed by atoms with Crippen LogP contribution in [0.1, 0.15) is 10.4 Å². The number of carboxylic acids is 1. The summed E-state index contributed by atoms with van der Waals surface area (Å²) in [5.41, 5.74) is 6.80. The van der Waals surface area contributed by atoms with Crippen LogP contribution < -0.4 is 5.73 Å². The summed E-state index contributed by atoms with van der Waals surface area (Å²) in [7, 11) is 0. The highest BCUT2D eigenvalue weighted by molar-refractivity contribution is 7.22. The Balaban J connectivity index is 1.92. The van der Waals surface area contributed by atoms with Gasteiger partial charge in [0.2, 0.25) is 0 Å². The van der Waals surface area contributed by atoms with E-state index in [1.165, 1.54) is 16.2 Å². The SMILES string of the molecule is Nc1nc2ccc(C(=O)N3CCOCC3C(=O)O)cc2s1. The Labute approximate surface area is 123 Å². The van der Waals surface area contributed by atoms with Crippen molar-refractivity contribution in [3.63, 3.8) is 0 Å². The maximum absolute atomic E-state index is 12.5. The van der Waals surface area contributed by atoms with Gasteiger partial charge in [-0.1, -0.05) is 11.3 Å². The number of aliphatic carboxylic acids is 1. The minimum atomic E-state index is -1.06. The van der Waals surface area contributed by atoms with E-state index in [1.807, 2.05) is 0 Å². The second-order valence-electron chi connectivity index (χ2n) is 4.66. The molecule has 1 unspecified atom stereocenters. The molecule has 1 aromatic carbocycles. The molecule has 1 saturated heterocycles. The summed E-state index contributed by atoms with van der Waals surface area (Å²) in [6, 6.07) is 4.10. The molecule has 0 radical (unpaired) electrons. The van der Waals surface area contributed by atoms with Crippen LogP contribution in [0.25, 0.3) is 10.2 Å². The van der Waals surface area contributed by atoms with Crippen molar-refractivity contribution in [2.24, 2.45) is 0 Å². The maximum Gasteiger partial charge on any atom is 0.328 e. The molecule has 2 aromatic rings. The fourth-order valence-corrected chi connectivity index (χ4v) is 3.07. The van der Waals surface area contributed by atoms with E-state index in [9.17, 15) is 14.7 Å². The number of amides is 1. The smallest absolute Gasteiger partial charge is 0.328 e. The zero-order valence-corrected chi connectivity index (χ0v) is 11.8. The number of nitrogens with two attached hydrogens (primary N) is 1. The molecular formula is C13H13N3O4S. The van der Waals surface area contributed by atoms with Crippen LogP contribution in [-0.2, 0) is 9.53 Å². The Morgan fingerprint density at radius 1 is 1.48 bits per heavy atom. The summed E-state index contributed by atoms with van der Waals surface area (Å²) < 4.78 is 5.94. The average Bonchev–Trinajstić information content (AvgIpc) is 2.85. The number of carbonyl (C=O) groups is 2. The van der Waals surface area contributed by atoms with Crippen LogP contribution in [0.15, 0.2) is 18.2 Å². The molecule has 2 heterocycles. The highest BCUT2D eigenvalue weighted by Crippen LogP contribution is 2.25. The second kappa shape index (κ2) is 5.30. The number of hydrogen-bond acceptors (Lipinski definition) is 6. The first-order valence-corrected chi connectivity index (χ1v) is 7.15. The van der Waals surface area contributed by atoms with Gasteiger partial charge >= 0.3 is 5.97 Å². The molecule has 110 valence electrons. The first-order chi connectivity index (χ1) is 10.1. The van der Waals surface area contributed by atoms with Crippen LogP contribution in [0.5, 0.6) is 0 Å². The molecule has 1 aromatic heterocycles. The van der Waals surface area contributed by atoms with Crippen LogP contribution in [-0.4, -0.2) is 52.7 Å². The maximum atomic E-state index is 12.5. The number of nitrogens with zero attached hydrogens (tertiary/aromatic N) is 2. The molecule has 0 spiro atoms. The summed E-state index contributed by atoms with van der Waals surface area (Å²) in [6.07, 6.45) is 0. The van der Waals surface area contributed by atoms with Crippen LogP contribution in [0.4, 0.5) is 5.13 Å². The molecule has 1 aliphatic heterocycles. The number of anilines is 1. The van der Waals surface area contributed by atoms with E-state index in [2.05, 4.69) is 4.98 Å². The number of rotatable bonds is 2. The quantitative estimate of drug-likeness (QED) is 0.850. The van der Waals surface area contributed by atoms with E-state index in [-0.39, 0.29) is 19.1 Å². The minimum absolute atomic E-state index is 0.0107. The summed E-state index contributed by atoms with van der Waals surface area (Å²) in [5, 5.41) is 9.62. The van der Waals surface area contributed by atoms with E-state index in [0.717, 1.165) is 10.2 Å². The third-order valence-corrected chi connectivity index (χ3v) is 4.17. The van der Waals surface area contributed by atoms with Gasteiger partial charge in [0.15, 0.2) is 11.2 Å². The van der Waals surface area contributed by atoms with Crippen molar-refractivity contribution in [2.45, 2.75) is 6.04 Å². The zero-order valence-electron chi connectivity index (χ0n) is 11.0. The number of fused-ring (bicyclic) bond motifs is 1. The zero-order chi connectivity index (χ0) is 15.0. The lowest BCUT2D eigenvalue weighted by atomic mass is 10.1. The first kappa shape index (κ1) is 13.8. The van der Waals surface area contributed by atoms with Crippen molar-refractivity contribution >= 4 is 38.6 Å². The highest BCUT2D eigenvalue weighted by Gasteiger charge is 2.33. The van der Waals surface area contributed by atoms with Crippen molar-refractivity contribution in [3.05, 3.63) is 23.8 Å². The van der Waals surface area contributed by atoms with Crippen LogP contribution in [0.3, 0.4) is 0 Å². The van der Waals surface area contributed by atoms with Gasteiger partial charge in [0.25, 0.3) is 5.91 Å². The fraction of sp³-hybridized carbons (Fsp3) is 0.308. The molecule has 21 heavy (non-hydrogen) atoms. The normalized spacial score (nSPS) is 18.9. The Morgan fingerprint density at radius 2 is 2.29 bits per heavy atom. The molecule has 8 heteroatoms. The van der Waals surface area contributed by atoms with E-state index < -0.39 is 12.0 Å². The molecule has 3 rings (SSSR count). The lowest BCUT2D eigenvalue weighted by molar-refractivity contribution is -0.147. The lowest BCUT2D eigenvalue weighted by Crippen LogP contribution is -2.52. The van der Waals surface area contributed by atoms with Crippen molar-refractivity contribution in [1.29, 1.82) is 0 Å². The van der Waals surface area contributed by atoms with Crippen LogP contribution in [0.2, 0.25) is 0 Å². The largest absolute Gasteiger partial charge is 0.480 e. The third kappa shape index (κ3) is 2.55. The van der Waals surface area contributed by atoms with Crippen molar-refractivity contribution in [1.82, 2.24) is 9.88 Å². The van der Waals surface area contributed by atoms with E-state index >= 15 is 0 Å². The number of ether oxygens (including phenoxy) is 1. The second-order valence-corrected chi connectivity index (χ2v) is 5.72. The Bertz CT molecular complexity index is 715. The molecule has 1 amide bonds. The first-order valence-electron chi connectivity index (χ1n) is 6.34. The van der Waals surface area contributed by atoms with Crippen LogP contribution >= 0.6 is 11.3 Å². The Morgan fingerprint density at radius 3 is 3.05 bits per heavy atom. The Kier molecular flexibility index (Phi) is 3.48. The van der Waals surface area contributed by atoms with Gasteiger partial charge in [0.1, 0.15) is 0 Å². The summed E-state index contributed by atoms with van der Waals surface area (Å²) in [5.74, 6) is -1.38. The van der Waals surface area contributed by atoms with Crippen molar-refractivity contribution in [2.75, 3.05) is 25.5 Å². The summed E-state index contributed by atoms with van der Waals surface area (Å²) in [4.78, 5) is 29.2. The Hall–Kier alpha value is -2.19. The number of nitrogen functional groups attached to an aromatic ring is 1. The van der Waals surface area contributed by atoms with Gasteiger partial charge in [-0.3, -0.25) is 4.79 Å².